The maximum atomic E-state index is 9.03. The maximum Gasteiger partial charge on any atom is 0.226 e. The van der Waals surface area contributed by atoms with Gasteiger partial charge in [-0.05, 0) is 49.2 Å². The number of hydrogen-bond donors (Lipinski definition) is 1. The summed E-state index contributed by atoms with van der Waals surface area (Å²) in [6.07, 6.45) is 0. The molecule has 23 heavy (non-hydrogen) atoms. The van der Waals surface area contributed by atoms with Crippen LogP contribution in [0.5, 0.6) is 0 Å². The lowest BCUT2D eigenvalue weighted by Gasteiger charge is -2.33. The fourth-order valence-electron chi connectivity index (χ4n) is 2.41. The maximum absolute atomic E-state index is 9.03. The predicted octanol–water partition coefficient (Wildman–Crippen LogP) is 2.07. The molecule has 0 aliphatic carbocycles. The molecule has 1 fully saturated rings. The quantitative estimate of drug-likeness (QED) is 0.683. The summed E-state index contributed by atoms with van der Waals surface area (Å²) < 4.78 is 2.32. The zero-order chi connectivity index (χ0) is 16.2. The van der Waals surface area contributed by atoms with Gasteiger partial charge in [-0.15, -0.1) is 0 Å². The van der Waals surface area contributed by atoms with Crippen molar-refractivity contribution < 1.29 is 0 Å². The molecule has 2 heterocycles. The van der Waals surface area contributed by atoms with Gasteiger partial charge in [-0.25, -0.2) is 14.3 Å². The first-order valence-corrected chi connectivity index (χ1v) is 8.20. The number of nitrogens with zero attached hydrogens (tertiary/aromatic N) is 5. The van der Waals surface area contributed by atoms with Gasteiger partial charge in [0.15, 0.2) is 0 Å². The molecular formula is C16H18N6S. The van der Waals surface area contributed by atoms with Crippen LogP contribution in [0.2, 0.25) is 0 Å². The number of benzene rings is 1. The lowest BCUT2D eigenvalue weighted by atomic mass is 10.3. The molecule has 2 aromatic rings. The number of hydrogen-bond acceptors (Lipinski definition) is 7. The number of piperazine rings is 1. The van der Waals surface area contributed by atoms with Crippen LogP contribution in [0.1, 0.15) is 11.4 Å². The van der Waals surface area contributed by atoms with Crippen LogP contribution >= 0.6 is 11.9 Å². The highest BCUT2D eigenvalue weighted by atomic mass is 32.2. The van der Waals surface area contributed by atoms with Crippen molar-refractivity contribution in [1.29, 1.82) is 5.26 Å². The van der Waals surface area contributed by atoms with Crippen molar-refractivity contribution in [3.8, 4) is 6.07 Å². The van der Waals surface area contributed by atoms with Gasteiger partial charge >= 0.3 is 0 Å². The second-order valence-corrected chi connectivity index (χ2v) is 6.55. The van der Waals surface area contributed by atoms with Crippen LogP contribution in [0, 0.1) is 18.3 Å². The summed E-state index contributed by atoms with van der Waals surface area (Å²) in [5, 5.41) is 9.03. The van der Waals surface area contributed by atoms with E-state index in [0.717, 1.165) is 37.6 Å². The summed E-state index contributed by atoms with van der Waals surface area (Å²) in [5.74, 6) is 0.652. The highest BCUT2D eigenvalue weighted by Crippen LogP contribution is 2.25. The fraction of sp³-hybridized carbons (Fsp3) is 0.312. The van der Waals surface area contributed by atoms with Crippen molar-refractivity contribution >= 4 is 23.6 Å². The van der Waals surface area contributed by atoms with Gasteiger partial charge in [-0.3, -0.25) is 0 Å². The Kier molecular flexibility index (Phi) is 4.65. The molecule has 2 N–H and O–H groups in total. The molecular weight excluding hydrogens is 308 g/mol. The number of anilines is 2. The summed E-state index contributed by atoms with van der Waals surface area (Å²) in [7, 11) is 0. The molecule has 0 atom stereocenters. The third-order valence-electron chi connectivity index (χ3n) is 3.59. The lowest BCUT2D eigenvalue weighted by molar-refractivity contribution is 0.426. The van der Waals surface area contributed by atoms with E-state index in [0.29, 0.717) is 11.6 Å². The number of nitrogens with two attached hydrogens (primary N) is 1. The molecule has 6 nitrogen and oxygen atoms in total. The molecule has 0 saturated carbocycles. The van der Waals surface area contributed by atoms with Crippen molar-refractivity contribution in [2.24, 2.45) is 0 Å². The van der Waals surface area contributed by atoms with Crippen LogP contribution in [-0.2, 0) is 0 Å². The number of nitriles is 1. The molecule has 1 aromatic heterocycles. The largest absolute Gasteiger partial charge is 0.399 e. The van der Waals surface area contributed by atoms with Gasteiger partial charge in [0.05, 0.1) is 0 Å². The molecule has 1 aliphatic heterocycles. The van der Waals surface area contributed by atoms with Crippen LogP contribution in [0.3, 0.4) is 0 Å². The van der Waals surface area contributed by atoms with E-state index in [2.05, 4.69) is 25.2 Å². The van der Waals surface area contributed by atoms with E-state index in [1.165, 1.54) is 4.90 Å². The van der Waals surface area contributed by atoms with E-state index < -0.39 is 0 Å². The minimum absolute atomic E-state index is 0.422. The lowest BCUT2D eigenvalue weighted by Crippen LogP contribution is -2.44. The third-order valence-corrected chi connectivity index (χ3v) is 4.70. The molecule has 118 valence electrons. The Morgan fingerprint density at radius 3 is 2.48 bits per heavy atom. The Hall–Kier alpha value is -2.30. The van der Waals surface area contributed by atoms with Crippen molar-refractivity contribution in [1.82, 2.24) is 14.3 Å². The van der Waals surface area contributed by atoms with Crippen molar-refractivity contribution in [3.63, 3.8) is 0 Å². The molecule has 0 bridgehead atoms. The Labute approximate surface area is 140 Å². The average molecular weight is 326 g/mol. The summed E-state index contributed by atoms with van der Waals surface area (Å²) >= 11 is 1.74. The van der Waals surface area contributed by atoms with E-state index in [9.17, 15) is 0 Å². The summed E-state index contributed by atoms with van der Waals surface area (Å²) in [4.78, 5) is 12.1. The van der Waals surface area contributed by atoms with E-state index in [1.807, 2.05) is 31.2 Å². The van der Waals surface area contributed by atoms with Crippen LogP contribution < -0.4 is 10.6 Å². The van der Waals surface area contributed by atoms with Crippen molar-refractivity contribution in [2.75, 3.05) is 36.8 Å². The van der Waals surface area contributed by atoms with Gasteiger partial charge in [0.1, 0.15) is 11.8 Å². The molecule has 0 spiro atoms. The average Bonchev–Trinajstić information content (AvgIpc) is 2.57. The third kappa shape index (κ3) is 3.92. The van der Waals surface area contributed by atoms with Crippen LogP contribution in [0.4, 0.5) is 11.6 Å². The molecule has 0 amide bonds. The highest BCUT2D eigenvalue weighted by Gasteiger charge is 2.20. The predicted molar refractivity (Wildman–Crippen MR) is 92.0 cm³/mol. The molecule has 7 heteroatoms. The van der Waals surface area contributed by atoms with E-state index in [1.54, 1.807) is 18.0 Å². The first kappa shape index (κ1) is 15.6. The first-order chi connectivity index (χ1) is 11.1. The number of rotatable bonds is 3. The summed E-state index contributed by atoms with van der Waals surface area (Å²) in [5.41, 5.74) is 7.74. The minimum atomic E-state index is 0.422. The fourth-order valence-corrected chi connectivity index (χ4v) is 3.31. The van der Waals surface area contributed by atoms with E-state index in [-0.39, 0.29) is 0 Å². The zero-order valence-electron chi connectivity index (χ0n) is 12.9. The van der Waals surface area contributed by atoms with Gasteiger partial charge in [-0.1, -0.05) is 0 Å². The van der Waals surface area contributed by atoms with Crippen molar-refractivity contribution in [3.05, 3.63) is 41.7 Å². The second-order valence-electron chi connectivity index (χ2n) is 5.38. The Morgan fingerprint density at radius 1 is 1.13 bits per heavy atom. The monoisotopic (exact) mass is 326 g/mol. The standard InChI is InChI=1S/C16H18N6S/c1-12-10-14(11-17)20-16(19-12)21-6-8-22(9-7-21)23-15-4-2-13(18)3-5-15/h2-5,10H,6-9,18H2,1H3. The van der Waals surface area contributed by atoms with Gasteiger partial charge in [0.25, 0.3) is 0 Å². The van der Waals surface area contributed by atoms with Gasteiger partial charge in [-0.2, -0.15) is 5.26 Å². The second kappa shape index (κ2) is 6.86. The smallest absolute Gasteiger partial charge is 0.226 e. The van der Waals surface area contributed by atoms with Crippen LogP contribution in [0.25, 0.3) is 0 Å². The Balaban J connectivity index is 1.61. The zero-order valence-corrected chi connectivity index (χ0v) is 13.8. The number of aromatic nitrogens is 2. The molecule has 1 aromatic carbocycles. The Bertz CT molecular complexity index is 716. The molecule has 1 aliphatic rings. The molecule has 0 radical (unpaired) electrons. The normalized spacial score (nSPS) is 15.4. The Morgan fingerprint density at radius 2 is 1.83 bits per heavy atom. The first-order valence-electron chi connectivity index (χ1n) is 7.43. The van der Waals surface area contributed by atoms with Crippen molar-refractivity contribution in [2.45, 2.75) is 11.8 Å². The van der Waals surface area contributed by atoms with E-state index >= 15 is 0 Å². The van der Waals surface area contributed by atoms with E-state index in [4.69, 9.17) is 11.0 Å². The molecule has 3 rings (SSSR count). The van der Waals surface area contributed by atoms with Crippen LogP contribution in [0.15, 0.2) is 35.2 Å². The topological polar surface area (TPSA) is 82.1 Å². The molecule has 0 unspecified atom stereocenters. The summed E-state index contributed by atoms with van der Waals surface area (Å²) in [6.45, 7) is 5.40. The van der Waals surface area contributed by atoms with Gasteiger partial charge in [0, 0.05) is 42.5 Å². The number of nitrogen functional groups attached to an aromatic ring is 1. The van der Waals surface area contributed by atoms with Crippen LogP contribution in [-0.4, -0.2) is 40.5 Å². The highest BCUT2D eigenvalue weighted by molar-refractivity contribution is 7.97. The SMILES string of the molecule is Cc1cc(C#N)nc(N2CCN(Sc3ccc(N)cc3)CC2)n1. The van der Waals surface area contributed by atoms with Gasteiger partial charge < -0.3 is 10.6 Å². The minimum Gasteiger partial charge on any atom is -0.399 e. The van der Waals surface area contributed by atoms with Gasteiger partial charge in [0.2, 0.25) is 5.95 Å². The summed E-state index contributed by atoms with van der Waals surface area (Å²) in [6, 6.07) is 11.7. The number of aryl methyl sites for hydroxylation is 1. The molecule has 1 saturated heterocycles.